The van der Waals surface area contributed by atoms with E-state index in [-0.39, 0.29) is 6.10 Å². The number of hydrogen-bond acceptors (Lipinski definition) is 5. The van der Waals surface area contributed by atoms with Gasteiger partial charge in [-0.3, -0.25) is 5.32 Å². The fourth-order valence-corrected chi connectivity index (χ4v) is 1.95. The van der Waals surface area contributed by atoms with E-state index >= 15 is 0 Å². The number of nitrogens with zero attached hydrogens (tertiary/aromatic N) is 1. The second kappa shape index (κ2) is 7.15. The van der Waals surface area contributed by atoms with Crippen molar-refractivity contribution in [2.45, 2.75) is 45.3 Å². The summed E-state index contributed by atoms with van der Waals surface area (Å²) in [7, 11) is 0. The van der Waals surface area contributed by atoms with Gasteiger partial charge in [-0.25, -0.2) is 9.78 Å². The minimum absolute atomic E-state index is 0.185. The first-order valence-corrected chi connectivity index (χ1v) is 7.43. The van der Waals surface area contributed by atoms with E-state index in [0.717, 1.165) is 25.1 Å². The standard InChI is InChI=1S/C16H23N3O3/c1-16(2,3)22-15(20)19-14-8-7-12(10-18-14)17-11-13-6-4-5-9-21-13/h5,7-10,13,17H,4,6,11H2,1-3H3,(H,18,19,20). The van der Waals surface area contributed by atoms with Gasteiger partial charge in [0.15, 0.2) is 0 Å². The summed E-state index contributed by atoms with van der Waals surface area (Å²) >= 11 is 0. The fraction of sp³-hybridized carbons (Fsp3) is 0.500. The summed E-state index contributed by atoms with van der Waals surface area (Å²) in [4.78, 5) is 15.8. The van der Waals surface area contributed by atoms with Crippen molar-refractivity contribution in [3.8, 4) is 0 Å². The highest BCUT2D eigenvalue weighted by Crippen LogP contribution is 2.14. The SMILES string of the molecule is CC(C)(C)OC(=O)Nc1ccc(NCC2CCC=CO2)cn1. The molecule has 0 radical (unpaired) electrons. The zero-order chi connectivity index (χ0) is 16.0. The highest BCUT2D eigenvalue weighted by molar-refractivity contribution is 5.83. The maximum Gasteiger partial charge on any atom is 0.413 e. The zero-order valence-corrected chi connectivity index (χ0v) is 13.3. The highest BCUT2D eigenvalue weighted by atomic mass is 16.6. The molecule has 1 atom stereocenters. The number of rotatable bonds is 4. The lowest BCUT2D eigenvalue weighted by Gasteiger charge is -2.20. The predicted molar refractivity (Wildman–Crippen MR) is 85.8 cm³/mol. The molecule has 0 spiro atoms. The van der Waals surface area contributed by atoms with E-state index in [1.165, 1.54) is 0 Å². The maximum absolute atomic E-state index is 11.6. The van der Waals surface area contributed by atoms with Gasteiger partial charge in [-0.2, -0.15) is 0 Å². The number of amides is 1. The molecule has 1 aliphatic heterocycles. The van der Waals surface area contributed by atoms with E-state index in [2.05, 4.69) is 15.6 Å². The molecule has 1 unspecified atom stereocenters. The van der Waals surface area contributed by atoms with Gasteiger partial charge in [0, 0.05) is 0 Å². The van der Waals surface area contributed by atoms with Crippen molar-refractivity contribution in [1.29, 1.82) is 0 Å². The smallest absolute Gasteiger partial charge is 0.413 e. The average molecular weight is 305 g/mol. The monoisotopic (exact) mass is 305 g/mol. The third-order valence-corrected chi connectivity index (χ3v) is 2.95. The third-order valence-electron chi connectivity index (χ3n) is 2.95. The van der Waals surface area contributed by atoms with Crippen molar-refractivity contribution < 1.29 is 14.3 Å². The van der Waals surface area contributed by atoms with Gasteiger partial charge in [-0.15, -0.1) is 0 Å². The minimum Gasteiger partial charge on any atom is -0.497 e. The highest BCUT2D eigenvalue weighted by Gasteiger charge is 2.16. The molecule has 6 heteroatoms. The van der Waals surface area contributed by atoms with Crippen molar-refractivity contribution in [3.63, 3.8) is 0 Å². The van der Waals surface area contributed by atoms with Crippen LogP contribution in [0.15, 0.2) is 30.7 Å². The molecule has 2 heterocycles. The Labute approximate surface area is 130 Å². The first-order chi connectivity index (χ1) is 10.4. The van der Waals surface area contributed by atoms with Gasteiger partial charge < -0.3 is 14.8 Å². The van der Waals surface area contributed by atoms with E-state index in [1.54, 1.807) is 18.5 Å². The zero-order valence-electron chi connectivity index (χ0n) is 13.3. The molecule has 1 aliphatic rings. The maximum atomic E-state index is 11.6. The van der Waals surface area contributed by atoms with Crippen LogP contribution in [0, 0.1) is 0 Å². The summed E-state index contributed by atoms with van der Waals surface area (Å²) in [6, 6.07) is 3.59. The number of carbonyl (C=O) groups is 1. The van der Waals surface area contributed by atoms with Gasteiger partial charge in [0.25, 0.3) is 0 Å². The van der Waals surface area contributed by atoms with Crippen LogP contribution >= 0.6 is 0 Å². The van der Waals surface area contributed by atoms with E-state index in [4.69, 9.17) is 9.47 Å². The van der Waals surface area contributed by atoms with Gasteiger partial charge in [-0.05, 0) is 51.8 Å². The molecule has 1 aromatic rings. The Balaban J connectivity index is 1.79. The Morgan fingerprint density at radius 1 is 1.45 bits per heavy atom. The van der Waals surface area contributed by atoms with Gasteiger partial charge in [0.1, 0.15) is 17.5 Å². The first-order valence-electron chi connectivity index (χ1n) is 7.43. The molecular formula is C16H23N3O3. The first kappa shape index (κ1) is 16.1. The van der Waals surface area contributed by atoms with Gasteiger partial charge >= 0.3 is 6.09 Å². The molecule has 22 heavy (non-hydrogen) atoms. The number of carbonyl (C=O) groups excluding carboxylic acids is 1. The summed E-state index contributed by atoms with van der Waals surface area (Å²) < 4.78 is 10.7. The van der Waals surface area contributed by atoms with Gasteiger partial charge in [0.05, 0.1) is 24.7 Å². The van der Waals surface area contributed by atoms with E-state index in [0.29, 0.717) is 5.82 Å². The van der Waals surface area contributed by atoms with Crippen LogP contribution in [0.5, 0.6) is 0 Å². The molecule has 0 bridgehead atoms. The molecule has 120 valence electrons. The van der Waals surface area contributed by atoms with Crippen molar-refractivity contribution in [3.05, 3.63) is 30.7 Å². The summed E-state index contributed by atoms with van der Waals surface area (Å²) in [6.45, 7) is 6.17. The van der Waals surface area contributed by atoms with Crippen LogP contribution in [0.2, 0.25) is 0 Å². The quantitative estimate of drug-likeness (QED) is 0.890. The van der Waals surface area contributed by atoms with Crippen LogP contribution in [0.3, 0.4) is 0 Å². The number of hydrogen-bond donors (Lipinski definition) is 2. The molecule has 1 amide bonds. The molecule has 0 fully saturated rings. The molecule has 2 rings (SSSR count). The number of anilines is 2. The third kappa shape index (κ3) is 5.63. The molecule has 1 aromatic heterocycles. The molecule has 6 nitrogen and oxygen atoms in total. The van der Waals surface area contributed by atoms with Crippen LogP contribution in [-0.4, -0.2) is 29.3 Å². The number of nitrogens with one attached hydrogen (secondary N) is 2. The van der Waals surface area contributed by atoms with Crippen LogP contribution in [-0.2, 0) is 9.47 Å². The normalized spacial score (nSPS) is 17.5. The Kier molecular flexibility index (Phi) is 5.25. The fourth-order valence-electron chi connectivity index (χ4n) is 1.95. The van der Waals surface area contributed by atoms with Crippen molar-refractivity contribution in [2.24, 2.45) is 0 Å². The molecule has 0 aromatic carbocycles. The lowest BCUT2D eigenvalue weighted by molar-refractivity contribution is 0.0635. The largest absolute Gasteiger partial charge is 0.497 e. The molecule has 2 N–H and O–H groups in total. The summed E-state index contributed by atoms with van der Waals surface area (Å²) in [5.41, 5.74) is 0.355. The summed E-state index contributed by atoms with van der Waals surface area (Å²) in [5, 5.41) is 5.87. The predicted octanol–water partition coefficient (Wildman–Crippen LogP) is 3.53. The van der Waals surface area contributed by atoms with Gasteiger partial charge in [-0.1, -0.05) is 0 Å². The number of aromatic nitrogens is 1. The second-order valence-electron chi connectivity index (χ2n) is 6.15. The Bertz CT molecular complexity index is 520. The summed E-state index contributed by atoms with van der Waals surface area (Å²) in [6.07, 6.45) is 7.17. The van der Waals surface area contributed by atoms with Gasteiger partial charge in [0.2, 0.25) is 0 Å². The topological polar surface area (TPSA) is 72.5 Å². The lowest BCUT2D eigenvalue weighted by Crippen LogP contribution is -2.27. The van der Waals surface area contributed by atoms with Crippen molar-refractivity contribution >= 4 is 17.6 Å². The average Bonchev–Trinajstić information content (AvgIpc) is 2.45. The van der Waals surface area contributed by atoms with Crippen molar-refractivity contribution in [2.75, 3.05) is 17.2 Å². The Hall–Kier alpha value is -2.24. The van der Waals surface area contributed by atoms with E-state index in [1.807, 2.05) is 32.9 Å². The van der Waals surface area contributed by atoms with Crippen LogP contribution in [0.25, 0.3) is 0 Å². The minimum atomic E-state index is -0.528. The van der Waals surface area contributed by atoms with E-state index in [9.17, 15) is 4.79 Å². The molecule has 0 saturated heterocycles. The van der Waals surface area contributed by atoms with Crippen LogP contribution in [0.4, 0.5) is 16.3 Å². The van der Waals surface area contributed by atoms with Crippen molar-refractivity contribution in [1.82, 2.24) is 4.98 Å². The Morgan fingerprint density at radius 2 is 2.27 bits per heavy atom. The number of ether oxygens (including phenoxy) is 2. The number of pyridine rings is 1. The van der Waals surface area contributed by atoms with E-state index < -0.39 is 11.7 Å². The Morgan fingerprint density at radius 3 is 2.86 bits per heavy atom. The molecule has 0 aliphatic carbocycles. The molecule has 0 saturated carbocycles. The number of allylic oxidation sites excluding steroid dienone is 1. The molecular weight excluding hydrogens is 282 g/mol. The lowest BCUT2D eigenvalue weighted by atomic mass is 10.1. The van der Waals surface area contributed by atoms with Crippen LogP contribution in [0.1, 0.15) is 33.6 Å². The van der Waals surface area contributed by atoms with Crippen LogP contribution < -0.4 is 10.6 Å². The second-order valence-corrected chi connectivity index (χ2v) is 6.15. The summed E-state index contributed by atoms with van der Waals surface area (Å²) in [5.74, 6) is 0.455.